The summed E-state index contributed by atoms with van der Waals surface area (Å²) < 4.78 is 4.59. The molecule has 0 aromatic heterocycles. The fourth-order valence-electron chi connectivity index (χ4n) is 7.60. The average Bonchev–Trinajstić information content (AvgIpc) is 2.94. The van der Waals surface area contributed by atoms with Crippen LogP contribution in [0.3, 0.4) is 0 Å². The fraction of sp³-hybridized carbons (Fsp3) is 0.741. The molecule has 0 aliphatic heterocycles. The van der Waals surface area contributed by atoms with Gasteiger partial charge in [-0.2, -0.15) is 0 Å². The zero-order valence-electron chi connectivity index (χ0n) is 21.0. The van der Waals surface area contributed by atoms with Crippen LogP contribution in [0.5, 0.6) is 0 Å². The van der Waals surface area contributed by atoms with Crippen LogP contribution >= 0.6 is 15.9 Å². The van der Waals surface area contributed by atoms with E-state index in [1.54, 1.807) is 32.9 Å². The molecule has 0 amide bonds. The van der Waals surface area contributed by atoms with Crippen LogP contribution in [0, 0.1) is 34.0 Å². The Morgan fingerprint density at radius 3 is 2.50 bits per heavy atom. The first-order chi connectivity index (χ1) is 15.5. The van der Waals surface area contributed by atoms with Gasteiger partial charge in [0.2, 0.25) is 5.78 Å². The van der Waals surface area contributed by atoms with Crippen molar-refractivity contribution in [3.63, 3.8) is 0 Å². The molecule has 6 nitrogen and oxygen atoms in total. The van der Waals surface area contributed by atoms with E-state index >= 15 is 0 Å². The highest BCUT2D eigenvalue weighted by molar-refractivity contribution is 9.10. The number of alkyl halides is 1. The van der Waals surface area contributed by atoms with Gasteiger partial charge in [0.25, 0.3) is 0 Å². The first kappa shape index (κ1) is 25.8. The quantitative estimate of drug-likeness (QED) is 0.418. The Morgan fingerprint density at radius 1 is 1.24 bits per heavy atom. The molecule has 0 bridgehead atoms. The van der Waals surface area contributed by atoms with Gasteiger partial charge in [0.1, 0.15) is 5.60 Å². The van der Waals surface area contributed by atoms with Crippen LogP contribution in [0.2, 0.25) is 0 Å². The molecule has 0 aromatic carbocycles. The lowest BCUT2D eigenvalue weighted by molar-refractivity contribution is -0.182. The Morgan fingerprint density at radius 2 is 1.88 bits per heavy atom. The van der Waals surface area contributed by atoms with Gasteiger partial charge in [-0.05, 0) is 76.4 Å². The Bertz CT molecular complexity index is 994. The second-order valence-corrected chi connectivity index (χ2v) is 13.7. The standard InChI is InChI=1S/C27H37BrO6/c1-15-11-19-18-8-7-16-12-17(29)9-10-24(16,5)26(18,28)20(30)13-25(19,6)27(15,33)21(31)14-34-22(32)23(2,3)4/h9-10,12,15,18-20,30,33H,7-8,11,13-14H2,1-6H3/t15-,18-,19-,20-,24-,25-,26-,27-/m0/s1. The van der Waals surface area contributed by atoms with Gasteiger partial charge >= 0.3 is 5.97 Å². The minimum absolute atomic E-state index is 0.0114. The van der Waals surface area contributed by atoms with Gasteiger partial charge in [-0.3, -0.25) is 14.4 Å². The number of hydrogen-bond acceptors (Lipinski definition) is 6. The van der Waals surface area contributed by atoms with Crippen molar-refractivity contribution in [2.45, 2.75) is 83.3 Å². The zero-order chi connectivity index (χ0) is 25.5. The number of ketones is 2. The molecule has 7 heteroatoms. The molecule has 2 N–H and O–H groups in total. The predicted octanol–water partition coefficient (Wildman–Crippen LogP) is 3.92. The summed E-state index contributed by atoms with van der Waals surface area (Å²) in [7, 11) is 0. The molecule has 188 valence electrons. The van der Waals surface area contributed by atoms with Crippen LogP contribution in [0.1, 0.15) is 67.2 Å². The number of esters is 1. The highest BCUT2D eigenvalue weighted by Gasteiger charge is 2.74. The summed E-state index contributed by atoms with van der Waals surface area (Å²) in [6.07, 6.45) is 6.68. The minimum atomic E-state index is -1.71. The summed E-state index contributed by atoms with van der Waals surface area (Å²) in [5.41, 5.74) is -2.85. The van der Waals surface area contributed by atoms with E-state index in [0.29, 0.717) is 6.42 Å². The fourth-order valence-corrected chi connectivity index (χ4v) is 8.69. The number of carbonyl (C=O) groups is 3. The van der Waals surface area contributed by atoms with Crippen LogP contribution in [0.15, 0.2) is 23.8 Å². The Kier molecular flexibility index (Phi) is 5.95. The van der Waals surface area contributed by atoms with Crippen molar-refractivity contribution in [3.05, 3.63) is 23.8 Å². The van der Waals surface area contributed by atoms with Crippen molar-refractivity contribution in [2.75, 3.05) is 6.61 Å². The highest BCUT2D eigenvalue weighted by atomic mass is 79.9. The topological polar surface area (TPSA) is 101 Å². The average molecular weight is 537 g/mol. The summed E-state index contributed by atoms with van der Waals surface area (Å²) in [6, 6.07) is 0. The molecule has 0 unspecified atom stereocenters. The number of halogens is 1. The number of hydrogen-bond donors (Lipinski definition) is 2. The summed E-state index contributed by atoms with van der Waals surface area (Å²) in [5.74, 6) is -1.40. The van der Waals surface area contributed by atoms with Gasteiger partial charge in [-0.15, -0.1) is 0 Å². The SMILES string of the molecule is C[C@H]1C[C@H]2[C@@H]3CCC4=CC(=O)C=C[C@]4(C)[C@@]3(Br)[C@@H](O)C[C@]2(C)[C@@]1(O)C(=O)COC(=O)C(C)(C)C. The third-order valence-corrected chi connectivity index (χ3v) is 11.5. The van der Waals surface area contributed by atoms with E-state index in [-0.39, 0.29) is 30.0 Å². The third-order valence-electron chi connectivity index (χ3n) is 9.59. The van der Waals surface area contributed by atoms with E-state index in [4.69, 9.17) is 4.74 Å². The maximum atomic E-state index is 13.5. The smallest absolute Gasteiger partial charge is 0.311 e. The minimum Gasteiger partial charge on any atom is -0.457 e. The molecule has 0 aromatic rings. The van der Waals surface area contributed by atoms with Crippen LogP contribution in [0.25, 0.3) is 0 Å². The van der Waals surface area contributed by atoms with E-state index in [2.05, 4.69) is 22.9 Å². The molecule has 0 spiro atoms. The molecule has 34 heavy (non-hydrogen) atoms. The largest absolute Gasteiger partial charge is 0.457 e. The number of aliphatic hydroxyl groups is 2. The lowest BCUT2D eigenvalue weighted by Gasteiger charge is -2.64. The molecule has 0 radical (unpaired) electrons. The maximum absolute atomic E-state index is 13.5. The summed E-state index contributed by atoms with van der Waals surface area (Å²) in [4.78, 5) is 37.8. The van der Waals surface area contributed by atoms with Crippen molar-refractivity contribution in [3.8, 4) is 0 Å². The second-order valence-electron chi connectivity index (χ2n) is 12.4. The molecule has 4 aliphatic rings. The second kappa shape index (κ2) is 7.84. The highest BCUT2D eigenvalue weighted by Crippen LogP contribution is 2.71. The molecule has 3 fully saturated rings. The lowest BCUT2D eigenvalue weighted by atomic mass is 9.46. The zero-order valence-corrected chi connectivity index (χ0v) is 22.6. The number of allylic oxidation sites excluding steroid dienone is 4. The molecule has 0 saturated heterocycles. The van der Waals surface area contributed by atoms with E-state index in [9.17, 15) is 24.6 Å². The van der Waals surface area contributed by atoms with Crippen LogP contribution in [-0.2, 0) is 19.1 Å². The van der Waals surface area contributed by atoms with Gasteiger partial charge in [0, 0.05) is 10.8 Å². The Labute approximate surface area is 210 Å². The first-order valence-corrected chi connectivity index (χ1v) is 13.1. The van der Waals surface area contributed by atoms with Gasteiger partial charge < -0.3 is 14.9 Å². The lowest BCUT2D eigenvalue weighted by Crippen LogP contribution is -2.68. The molecule has 0 heterocycles. The summed E-state index contributed by atoms with van der Waals surface area (Å²) >= 11 is 3.99. The monoisotopic (exact) mass is 536 g/mol. The third kappa shape index (κ3) is 3.22. The number of fused-ring (bicyclic) bond motifs is 5. The molecular formula is C27H37BrO6. The number of ether oxygens (including phenoxy) is 1. The van der Waals surface area contributed by atoms with Crippen LogP contribution in [0.4, 0.5) is 0 Å². The normalized spacial score (nSPS) is 45.7. The van der Waals surface area contributed by atoms with Gasteiger partial charge in [-0.25, -0.2) is 0 Å². The van der Waals surface area contributed by atoms with E-state index in [1.807, 2.05) is 19.9 Å². The number of Topliss-reactive ketones (excluding diaryl/α,β-unsaturated/α-hetero) is 1. The number of carbonyl (C=O) groups excluding carboxylic acids is 3. The molecular weight excluding hydrogens is 500 g/mol. The predicted molar refractivity (Wildman–Crippen MR) is 131 cm³/mol. The van der Waals surface area contributed by atoms with Crippen LogP contribution < -0.4 is 0 Å². The van der Waals surface area contributed by atoms with Gasteiger partial charge in [0.05, 0.1) is 15.8 Å². The number of aliphatic hydroxyl groups excluding tert-OH is 1. The van der Waals surface area contributed by atoms with Crippen molar-refractivity contribution < 1.29 is 29.3 Å². The maximum Gasteiger partial charge on any atom is 0.311 e. The number of rotatable bonds is 3. The molecule has 3 saturated carbocycles. The Hall–Kier alpha value is -1.31. The van der Waals surface area contributed by atoms with E-state index in [0.717, 1.165) is 18.4 Å². The Balaban J connectivity index is 1.69. The van der Waals surface area contributed by atoms with E-state index < -0.39 is 50.6 Å². The van der Waals surface area contributed by atoms with Crippen LogP contribution in [-0.4, -0.2) is 50.4 Å². The van der Waals surface area contributed by atoms with Crippen molar-refractivity contribution in [1.29, 1.82) is 0 Å². The van der Waals surface area contributed by atoms with Gasteiger partial charge in [-0.1, -0.05) is 48.4 Å². The molecule has 4 rings (SSSR count). The molecule has 4 aliphatic carbocycles. The van der Waals surface area contributed by atoms with Crippen molar-refractivity contribution in [2.24, 2.45) is 34.0 Å². The van der Waals surface area contributed by atoms with Crippen molar-refractivity contribution >= 4 is 33.5 Å². The van der Waals surface area contributed by atoms with Gasteiger partial charge in [0.15, 0.2) is 12.4 Å². The molecule has 8 atom stereocenters. The summed E-state index contributed by atoms with van der Waals surface area (Å²) in [5, 5.41) is 23.7. The summed E-state index contributed by atoms with van der Waals surface area (Å²) in [6.45, 7) is 10.5. The van der Waals surface area contributed by atoms with E-state index in [1.165, 1.54) is 0 Å². The first-order valence-electron chi connectivity index (χ1n) is 12.3. The van der Waals surface area contributed by atoms with Crippen molar-refractivity contribution in [1.82, 2.24) is 0 Å².